The van der Waals surface area contributed by atoms with Crippen LogP contribution in [0.4, 0.5) is 19.0 Å². The Labute approximate surface area is 192 Å². The van der Waals surface area contributed by atoms with E-state index in [1.165, 1.54) is 6.07 Å². The van der Waals surface area contributed by atoms with Gasteiger partial charge in [0.1, 0.15) is 23.7 Å². The quantitative estimate of drug-likeness (QED) is 0.479. The van der Waals surface area contributed by atoms with Gasteiger partial charge in [-0.1, -0.05) is 6.07 Å². The fraction of sp³-hybridized carbons (Fsp3) is 0.292. The lowest BCUT2D eigenvalue weighted by Gasteiger charge is -2.29. The van der Waals surface area contributed by atoms with E-state index in [1.54, 1.807) is 40.0 Å². The molecule has 0 saturated heterocycles. The Kier molecular flexibility index (Phi) is 4.48. The molecule has 1 saturated carbocycles. The number of nitrogens with zero attached hydrogens (tertiary/aromatic N) is 4. The first-order valence-corrected chi connectivity index (χ1v) is 11.0. The molecule has 4 aromatic rings. The van der Waals surface area contributed by atoms with Gasteiger partial charge in [0.25, 0.3) is 5.91 Å². The summed E-state index contributed by atoms with van der Waals surface area (Å²) in [5.74, 6) is 0.689. The first-order valence-electron chi connectivity index (χ1n) is 11.0. The molecule has 2 aromatic heterocycles. The minimum atomic E-state index is -4.46. The van der Waals surface area contributed by atoms with Crippen molar-refractivity contribution in [2.24, 2.45) is 5.92 Å². The number of hydrogen-bond acceptors (Lipinski definition) is 5. The van der Waals surface area contributed by atoms with Gasteiger partial charge in [-0.2, -0.15) is 13.2 Å². The number of halogens is 3. The van der Waals surface area contributed by atoms with Gasteiger partial charge in [0.2, 0.25) is 0 Å². The summed E-state index contributed by atoms with van der Waals surface area (Å²) in [6.07, 6.45) is 0.811. The zero-order valence-corrected chi connectivity index (χ0v) is 17.9. The van der Waals surface area contributed by atoms with Crippen LogP contribution in [0.3, 0.4) is 0 Å². The van der Waals surface area contributed by atoms with Crippen LogP contribution in [0.2, 0.25) is 0 Å². The lowest BCUT2D eigenvalue weighted by atomic mass is 10.0. The van der Waals surface area contributed by atoms with Crippen LogP contribution in [0, 0.1) is 5.92 Å². The first kappa shape index (κ1) is 20.8. The number of carbonyl (C=O) groups excluding carboxylic acids is 1. The molecule has 0 radical (unpaired) electrons. The number of benzene rings is 2. The number of hydrogen-bond donors (Lipinski definition) is 1. The molecule has 2 N–H and O–H groups in total. The van der Waals surface area contributed by atoms with Gasteiger partial charge < -0.3 is 15.4 Å². The molecule has 34 heavy (non-hydrogen) atoms. The summed E-state index contributed by atoms with van der Waals surface area (Å²) in [6, 6.07) is 8.21. The standard InChI is InChI=1S/C24H20F3N5O2/c25-24(26,27)15-4-5-16-20(11-34-21(16)8-15)31(10-13-1-2-13)23(33)14-3-6-17-18(7-14)32-12-29-9-19(32)22(28)30-17/h3-9,12-13,20H,1-2,10-11H2,(H2,28,30)/t20-/m1/s1. The number of nitrogen functional groups attached to an aromatic ring is 1. The minimum absolute atomic E-state index is 0.118. The maximum Gasteiger partial charge on any atom is 0.416 e. The Hall–Kier alpha value is -3.82. The van der Waals surface area contributed by atoms with Crippen molar-refractivity contribution in [2.75, 3.05) is 18.9 Å². The van der Waals surface area contributed by atoms with Crippen molar-refractivity contribution in [1.82, 2.24) is 19.3 Å². The molecular weight excluding hydrogens is 447 g/mol. The van der Waals surface area contributed by atoms with Gasteiger partial charge in [0.05, 0.1) is 35.2 Å². The van der Waals surface area contributed by atoms with E-state index >= 15 is 0 Å². The summed E-state index contributed by atoms with van der Waals surface area (Å²) in [5, 5.41) is 0. The molecular formula is C24H20F3N5O2. The van der Waals surface area contributed by atoms with E-state index in [0.29, 0.717) is 46.0 Å². The molecule has 0 bridgehead atoms. The van der Waals surface area contributed by atoms with E-state index in [-0.39, 0.29) is 18.3 Å². The molecule has 0 unspecified atom stereocenters. The van der Waals surface area contributed by atoms with E-state index in [0.717, 1.165) is 25.0 Å². The number of ether oxygens (including phenoxy) is 1. The van der Waals surface area contributed by atoms with Gasteiger partial charge in [-0.15, -0.1) is 0 Å². The lowest BCUT2D eigenvalue weighted by Crippen LogP contribution is -2.37. The van der Waals surface area contributed by atoms with Crippen molar-refractivity contribution in [1.29, 1.82) is 0 Å². The summed E-state index contributed by atoms with van der Waals surface area (Å²) < 4.78 is 46.8. The smallest absolute Gasteiger partial charge is 0.416 e. The predicted molar refractivity (Wildman–Crippen MR) is 118 cm³/mol. The third-order valence-electron chi connectivity index (χ3n) is 6.51. The van der Waals surface area contributed by atoms with Crippen LogP contribution in [0.15, 0.2) is 48.9 Å². The van der Waals surface area contributed by atoms with Crippen molar-refractivity contribution < 1.29 is 22.7 Å². The highest BCUT2D eigenvalue weighted by molar-refractivity contribution is 5.98. The second-order valence-electron chi connectivity index (χ2n) is 8.83. The van der Waals surface area contributed by atoms with Gasteiger partial charge in [-0.3, -0.25) is 9.20 Å². The fourth-order valence-electron chi connectivity index (χ4n) is 4.53. The number of fused-ring (bicyclic) bond motifs is 4. The Morgan fingerprint density at radius 3 is 2.76 bits per heavy atom. The van der Waals surface area contributed by atoms with Crippen molar-refractivity contribution in [3.63, 3.8) is 0 Å². The molecule has 7 nitrogen and oxygen atoms in total. The molecule has 1 atom stereocenters. The zero-order valence-electron chi connectivity index (χ0n) is 17.9. The fourth-order valence-corrected chi connectivity index (χ4v) is 4.53. The van der Waals surface area contributed by atoms with E-state index in [1.807, 2.05) is 0 Å². The Bertz CT molecular complexity index is 1440. The van der Waals surface area contributed by atoms with E-state index in [2.05, 4.69) is 9.97 Å². The number of nitrogens with two attached hydrogens (primary N) is 1. The number of anilines is 1. The van der Waals surface area contributed by atoms with Gasteiger partial charge in [-0.05, 0) is 49.1 Å². The molecule has 2 aromatic carbocycles. The van der Waals surface area contributed by atoms with Crippen LogP contribution >= 0.6 is 0 Å². The largest absolute Gasteiger partial charge is 0.491 e. The van der Waals surface area contributed by atoms with E-state index in [4.69, 9.17) is 10.5 Å². The molecule has 3 heterocycles. The van der Waals surface area contributed by atoms with Crippen LogP contribution in [0.5, 0.6) is 5.75 Å². The molecule has 0 spiro atoms. The predicted octanol–water partition coefficient (Wildman–Crippen LogP) is 4.47. The molecule has 1 amide bonds. The number of imidazole rings is 1. The third-order valence-corrected chi connectivity index (χ3v) is 6.51. The summed E-state index contributed by atoms with van der Waals surface area (Å²) in [7, 11) is 0. The molecule has 1 aliphatic heterocycles. The highest BCUT2D eigenvalue weighted by Gasteiger charge is 2.39. The molecule has 6 rings (SSSR count). The molecule has 2 aliphatic rings. The average Bonchev–Trinajstić information content (AvgIpc) is 3.31. The summed E-state index contributed by atoms with van der Waals surface area (Å²) >= 11 is 0. The highest BCUT2D eigenvalue weighted by Crippen LogP contribution is 2.42. The van der Waals surface area contributed by atoms with E-state index < -0.39 is 17.8 Å². The maximum atomic E-state index is 13.7. The number of aromatic nitrogens is 3. The summed E-state index contributed by atoms with van der Waals surface area (Å²) in [6.45, 7) is 0.637. The second kappa shape index (κ2) is 7.34. The molecule has 1 fully saturated rings. The normalized spacial score (nSPS) is 17.7. The monoisotopic (exact) mass is 467 g/mol. The van der Waals surface area contributed by atoms with E-state index in [9.17, 15) is 18.0 Å². The molecule has 174 valence electrons. The number of amides is 1. The minimum Gasteiger partial charge on any atom is -0.491 e. The molecule has 1 aliphatic carbocycles. The third kappa shape index (κ3) is 3.41. The maximum absolute atomic E-state index is 13.7. The van der Waals surface area contributed by atoms with Gasteiger partial charge in [-0.25, -0.2) is 9.97 Å². The number of alkyl halides is 3. The van der Waals surface area contributed by atoms with Crippen molar-refractivity contribution in [3.05, 3.63) is 65.6 Å². The molecule has 10 heteroatoms. The van der Waals surface area contributed by atoms with Crippen LogP contribution in [0.25, 0.3) is 16.6 Å². The van der Waals surface area contributed by atoms with Crippen LogP contribution in [-0.2, 0) is 6.18 Å². The Balaban J connectivity index is 1.39. The average molecular weight is 467 g/mol. The zero-order chi connectivity index (χ0) is 23.6. The Morgan fingerprint density at radius 1 is 1.18 bits per heavy atom. The SMILES string of the molecule is Nc1nc2ccc(C(=O)N(CC3CC3)[C@@H]3COc4cc(C(F)(F)F)ccc43)cc2n2cncc12. The van der Waals surface area contributed by atoms with Crippen LogP contribution in [-0.4, -0.2) is 38.3 Å². The second-order valence-corrected chi connectivity index (χ2v) is 8.83. The van der Waals surface area contributed by atoms with Gasteiger partial charge in [0, 0.05) is 17.7 Å². The summed E-state index contributed by atoms with van der Waals surface area (Å²) in [5.41, 5.74) is 8.25. The van der Waals surface area contributed by atoms with Gasteiger partial charge in [0.15, 0.2) is 0 Å². The first-order chi connectivity index (χ1) is 16.3. The van der Waals surface area contributed by atoms with Crippen molar-refractivity contribution >= 4 is 28.3 Å². The topological polar surface area (TPSA) is 85.8 Å². The van der Waals surface area contributed by atoms with Crippen LogP contribution in [0.1, 0.15) is 40.4 Å². The number of carbonyl (C=O) groups is 1. The highest BCUT2D eigenvalue weighted by atomic mass is 19.4. The lowest BCUT2D eigenvalue weighted by molar-refractivity contribution is -0.137. The number of rotatable bonds is 4. The summed E-state index contributed by atoms with van der Waals surface area (Å²) in [4.78, 5) is 24.0. The van der Waals surface area contributed by atoms with Gasteiger partial charge >= 0.3 is 6.18 Å². The Morgan fingerprint density at radius 2 is 2.00 bits per heavy atom. The van der Waals surface area contributed by atoms with Crippen molar-refractivity contribution in [3.8, 4) is 5.75 Å². The van der Waals surface area contributed by atoms with Crippen molar-refractivity contribution in [2.45, 2.75) is 25.1 Å². The van der Waals surface area contributed by atoms with Crippen LogP contribution < -0.4 is 10.5 Å².